The first-order valence-corrected chi connectivity index (χ1v) is 7.81. The Balaban J connectivity index is 1.74. The summed E-state index contributed by atoms with van der Waals surface area (Å²) in [6, 6.07) is 0. The first kappa shape index (κ1) is 12.2. The van der Waals surface area contributed by atoms with Gasteiger partial charge in [-0.2, -0.15) is 0 Å². The van der Waals surface area contributed by atoms with Crippen LogP contribution in [0.3, 0.4) is 0 Å². The minimum Gasteiger partial charge on any atom is -0.459 e. The fraction of sp³-hybridized carbons (Fsp3) is 0.750. The van der Waals surface area contributed by atoms with Crippen LogP contribution in [0, 0.1) is 16.7 Å². The molecule has 0 aromatic carbocycles. The Morgan fingerprint density at radius 1 is 1.24 bits per heavy atom. The lowest BCUT2D eigenvalue weighted by Crippen LogP contribution is -2.59. The number of epoxide rings is 1. The van der Waals surface area contributed by atoms with E-state index in [4.69, 9.17) is 9.47 Å². The average Bonchev–Trinajstić information content (AvgIpc) is 3.08. The zero-order valence-electron chi connectivity index (χ0n) is 12.3. The summed E-state index contributed by atoms with van der Waals surface area (Å²) in [6.07, 6.45) is 4.37. The van der Waals surface area contributed by atoms with Gasteiger partial charge in [0.05, 0.1) is 12.0 Å². The lowest BCUT2D eigenvalue weighted by molar-refractivity contribution is -0.149. The number of hydrogen-bond donors (Lipinski definition) is 1. The van der Waals surface area contributed by atoms with Crippen LogP contribution in [0.25, 0.3) is 0 Å². The summed E-state index contributed by atoms with van der Waals surface area (Å²) in [5.74, 6) is 0.0127. The van der Waals surface area contributed by atoms with Crippen molar-refractivity contribution in [3.8, 4) is 0 Å². The van der Waals surface area contributed by atoms with Gasteiger partial charge in [-0.15, -0.1) is 0 Å². The molecule has 4 fully saturated rings. The van der Waals surface area contributed by atoms with Gasteiger partial charge in [0.15, 0.2) is 0 Å². The zero-order valence-corrected chi connectivity index (χ0v) is 12.3. The van der Waals surface area contributed by atoms with Gasteiger partial charge in [-0.05, 0) is 30.8 Å². The summed E-state index contributed by atoms with van der Waals surface area (Å²) in [7, 11) is 0. The van der Waals surface area contributed by atoms with Gasteiger partial charge in [0, 0.05) is 12.0 Å². The van der Waals surface area contributed by atoms with Crippen molar-refractivity contribution in [3.63, 3.8) is 0 Å². The molecular weight excluding hydrogens is 270 g/mol. The molecule has 5 aliphatic rings. The molecule has 5 rings (SSSR count). The highest BCUT2D eigenvalue weighted by molar-refractivity contribution is 5.91. The smallest absolute Gasteiger partial charge is 0.312 e. The van der Waals surface area contributed by atoms with Crippen molar-refractivity contribution in [2.45, 2.75) is 50.9 Å². The molecule has 1 N–H and O–H groups in total. The minimum atomic E-state index is -0.426. The van der Waals surface area contributed by atoms with E-state index in [1.165, 1.54) is 0 Å². The van der Waals surface area contributed by atoms with Crippen LogP contribution in [0.5, 0.6) is 0 Å². The third kappa shape index (κ3) is 1.13. The zero-order chi connectivity index (χ0) is 14.6. The predicted octanol–water partition coefficient (Wildman–Crippen LogP) is 0.932. The Bertz CT molecular complexity index is 628. The van der Waals surface area contributed by atoms with Gasteiger partial charge in [0.2, 0.25) is 5.91 Å². The van der Waals surface area contributed by atoms with E-state index in [2.05, 4.69) is 12.2 Å². The molecule has 5 nitrogen and oxygen atoms in total. The summed E-state index contributed by atoms with van der Waals surface area (Å²) in [5, 5.41) is 2.87. The van der Waals surface area contributed by atoms with Crippen LogP contribution in [0.1, 0.15) is 33.1 Å². The molecule has 2 saturated heterocycles. The van der Waals surface area contributed by atoms with E-state index in [-0.39, 0.29) is 35.4 Å². The van der Waals surface area contributed by atoms with E-state index >= 15 is 0 Å². The van der Waals surface area contributed by atoms with Gasteiger partial charge in [0.25, 0.3) is 0 Å². The van der Waals surface area contributed by atoms with Gasteiger partial charge in [-0.25, -0.2) is 0 Å². The van der Waals surface area contributed by atoms with Crippen LogP contribution in [0.4, 0.5) is 0 Å². The van der Waals surface area contributed by atoms with Crippen LogP contribution in [-0.2, 0) is 19.1 Å². The standard InChI is InChI=1S/C16H19NO4/c1-14-4-3-5-15(2)11(14)10(20-13(15)19)12-16(21-12)7-17-9(18)6-8(14)16/h6,10-12H,3-5,7H2,1-2H3,(H,17,18)/t10-,11+,12+,14+,15-,16-/m0/s1. The van der Waals surface area contributed by atoms with Crippen LogP contribution in [-0.4, -0.2) is 36.2 Å². The lowest BCUT2D eigenvalue weighted by Gasteiger charge is -2.53. The molecule has 1 spiro atoms. The maximum Gasteiger partial charge on any atom is 0.312 e. The van der Waals surface area contributed by atoms with Crippen LogP contribution < -0.4 is 5.32 Å². The topological polar surface area (TPSA) is 67.9 Å². The van der Waals surface area contributed by atoms with Gasteiger partial charge in [-0.1, -0.05) is 13.3 Å². The summed E-state index contributed by atoms with van der Waals surface area (Å²) >= 11 is 0. The van der Waals surface area contributed by atoms with E-state index in [0.717, 1.165) is 24.8 Å². The van der Waals surface area contributed by atoms with Gasteiger partial charge in [0.1, 0.15) is 17.8 Å². The molecule has 1 amide bonds. The quantitative estimate of drug-likeness (QED) is 0.532. The van der Waals surface area contributed by atoms with E-state index in [0.29, 0.717) is 6.54 Å². The number of ether oxygens (including phenoxy) is 2. The number of hydrogen-bond acceptors (Lipinski definition) is 4. The Hall–Kier alpha value is -1.36. The molecule has 0 bridgehead atoms. The Morgan fingerprint density at radius 2 is 2.00 bits per heavy atom. The number of carbonyl (C=O) groups excluding carboxylic acids is 2. The van der Waals surface area contributed by atoms with E-state index < -0.39 is 11.0 Å². The molecule has 21 heavy (non-hydrogen) atoms. The summed E-state index contributed by atoms with van der Waals surface area (Å²) < 4.78 is 11.8. The van der Waals surface area contributed by atoms with Crippen molar-refractivity contribution in [3.05, 3.63) is 11.6 Å². The largest absolute Gasteiger partial charge is 0.459 e. The van der Waals surface area contributed by atoms with Gasteiger partial charge < -0.3 is 14.8 Å². The van der Waals surface area contributed by atoms with E-state index in [9.17, 15) is 9.59 Å². The number of fused-ring (bicyclic) bond motifs is 2. The third-order valence-corrected chi connectivity index (χ3v) is 6.71. The van der Waals surface area contributed by atoms with Crippen LogP contribution >= 0.6 is 0 Å². The van der Waals surface area contributed by atoms with Gasteiger partial charge in [-0.3, -0.25) is 9.59 Å². The highest BCUT2D eigenvalue weighted by Crippen LogP contribution is 2.71. The lowest BCUT2D eigenvalue weighted by atomic mass is 9.48. The molecule has 0 aromatic rings. The number of amides is 1. The van der Waals surface area contributed by atoms with Crippen molar-refractivity contribution in [2.75, 3.05) is 6.54 Å². The molecule has 5 heteroatoms. The van der Waals surface area contributed by atoms with Crippen molar-refractivity contribution < 1.29 is 19.1 Å². The number of carbonyl (C=O) groups is 2. The summed E-state index contributed by atoms with van der Waals surface area (Å²) in [4.78, 5) is 24.3. The van der Waals surface area contributed by atoms with Crippen molar-refractivity contribution in [2.24, 2.45) is 16.7 Å². The summed E-state index contributed by atoms with van der Waals surface area (Å²) in [6.45, 7) is 4.75. The summed E-state index contributed by atoms with van der Waals surface area (Å²) in [5.41, 5.74) is 0.0977. The molecule has 3 heterocycles. The van der Waals surface area contributed by atoms with Crippen LogP contribution in [0.2, 0.25) is 0 Å². The third-order valence-electron chi connectivity index (χ3n) is 6.71. The van der Waals surface area contributed by atoms with Crippen molar-refractivity contribution >= 4 is 11.9 Å². The highest BCUT2D eigenvalue weighted by atomic mass is 16.7. The van der Waals surface area contributed by atoms with E-state index in [1.807, 2.05) is 6.92 Å². The predicted molar refractivity (Wildman–Crippen MR) is 72.1 cm³/mol. The molecule has 2 saturated carbocycles. The van der Waals surface area contributed by atoms with Crippen molar-refractivity contribution in [1.82, 2.24) is 5.32 Å². The molecule has 112 valence electrons. The number of esters is 1. The Kier molecular flexibility index (Phi) is 1.85. The first-order valence-electron chi connectivity index (χ1n) is 7.81. The highest BCUT2D eigenvalue weighted by Gasteiger charge is 2.79. The molecule has 3 aliphatic heterocycles. The Morgan fingerprint density at radius 3 is 2.81 bits per heavy atom. The van der Waals surface area contributed by atoms with E-state index in [1.54, 1.807) is 6.08 Å². The molecular formula is C16H19NO4. The minimum absolute atomic E-state index is 0.0398. The molecule has 6 atom stereocenters. The first-order chi connectivity index (χ1) is 9.92. The molecule has 2 aliphatic carbocycles. The Labute approximate surface area is 123 Å². The average molecular weight is 289 g/mol. The molecule has 0 radical (unpaired) electrons. The molecule has 0 unspecified atom stereocenters. The second-order valence-electron chi connectivity index (χ2n) is 7.74. The SMILES string of the molecule is C[C@@]12CCC[C@]3(C)C4=CC(=O)NC[C@]45O[C@@H]5[C@@H](OC1=O)[C@@H]23. The molecule has 0 aromatic heterocycles. The normalized spacial score (nSPS) is 56.5. The number of rotatable bonds is 0. The van der Waals surface area contributed by atoms with Gasteiger partial charge >= 0.3 is 5.97 Å². The maximum absolute atomic E-state index is 12.5. The monoisotopic (exact) mass is 289 g/mol. The maximum atomic E-state index is 12.5. The number of nitrogens with one attached hydrogen (secondary N) is 1. The fourth-order valence-electron chi connectivity index (χ4n) is 5.81. The van der Waals surface area contributed by atoms with Crippen LogP contribution in [0.15, 0.2) is 11.6 Å². The van der Waals surface area contributed by atoms with Crippen molar-refractivity contribution in [1.29, 1.82) is 0 Å². The fourth-order valence-corrected chi connectivity index (χ4v) is 5.81. The second-order valence-corrected chi connectivity index (χ2v) is 7.74. The second kappa shape index (κ2) is 3.19.